The van der Waals surface area contributed by atoms with E-state index in [9.17, 15) is 9.59 Å². The Labute approximate surface area is 201 Å². The van der Waals surface area contributed by atoms with E-state index in [0.717, 1.165) is 80.8 Å². The third kappa shape index (κ3) is 4.41. The van der Waals surface area contributed by atoms with E-state index in [1.807, 2.05) is 37.4 Å². The first kappa shape index (κ1) is 22.8. The fourth-order valence-corrected chi connectivity index (χ4v) is 5.78. The molecule has 1 amide bonds. The summed E-state index contributed by atoms with van der Waals surface area (Å²) in [5, 5.41) is 0. The number of para-hydroxylation sites is 2. The molecule has 34 heavy (non-hydrogen) atoms. The van der Waals surface area contributed by atoms with Crippen LogP contribution >= 0.6 is 0 Å². The minimum Gasteiger partial charge on any atom is -0.342 e. The lowest BCUT2D eigenvalue weighted by Crippen LogP contribution is -2.47. The number of hydrogen-bond acceptors (Lipinski definition) is 4. The van der Waals surface area contributed by atoms with Gasteiger partial charge in [0.1, 0.15) is 5.82 Å². The molecule has 4 heterocycles. The predicted molar refractivity (Wildman–Crippen MR) is 135 cm³/mol. The van der Waals surface area contributed by atoms with Gasteiger partial charge < -0.3 is 18.9 Å². The molecule has 5 rings (SSSR count). The van der Waals surface area contributed by atoms with Gasteiger partial charge in [0.15, 0.2) is 0 Å². The maximum absolute atomic E-state index is 13.3. The Bertz CT molecular complexity index is 1230. The average Bonchev–Trinajstić information content (AvgIpc) is 3.20. The van der Waals surface area contributed by atoms with Gasteiger partial charge in [0.05, 0.1) is 17.0 Å². The van der Waals surface area contributed by atoms with Crippen LogP contribution in [0.25, 0.3) is 22.4 Å². The van der Waals surface area contributed by atoms with Crippen LogP contribution < -0.4 is 5.56 Å². The van der Waals surface area contributed by atoms with E-state index in [-0.39, 0.29) is 11.5 Å². The van der Waals surface area contributed by atoms with E-state index in [4.69, 9.17) is 4.98 Å². The van der Waals surface area contributed by atoms with Crippen LogP contribution in [0.15, 0.2) is 41.3 Å². The number of fused-ring (bicyclic) bond motifs is 1. The average molecular weight is 462 g/mol. The highest BCUT2D eigenvalue weighted by Gasteiger charge is 2.31. The van der Waals surface area contributed by atoms with Gasteiger partial charge in [-0.15, -0.1) is 0 Å². The Morgan fingerprint density at radius 2 is 1.88 bits per heavy atom. The van der Waals surface area contributed by atoms with Crippen molar-refractivity contribution in [3.05, 3.63) is 52.4 Å². The molecular formula is C27H35N5O2. The minimum absolute atomic E-state index is 0.0150. The summed E-state index contributed by atoms with van der Waals surface area (Å²) in [4.78, 5) is 34.9. The SMILES string of the molecule is Cc1cc(-c2nc3ccccc3n2C[C@@H]2CCCN(C(=O)C3CCCN(C)C3)C2)cn(C)c1=O. The third-order valence-electron chi connectivity index (χ3n) is 7.52. The van der Waals surface area contributed by atoms with Crippen molar-refractivity contribution >= 4 is 16.9 Å². The van der Waals surface area contributed by atoms with Gasteiger partial charge in [-0.25, -0.2) is 4.98 Å². The lowest BCUT2D eigenvalue weighted by Gasteiger charge is -2.37. The Balaban J connectivity index is 1.43. The van der Waals surface area contributed by atoms with Crippen molar-refractivity contribution in [1.82, 2.24) is 23.9 Å². The molecule has 1 aromatic carbocycles. The molecule has 180 valence electrons. The van der Waals surface area contributed by atoms with Crippen LogP contribution in [0.3, 0.4) is 0 Å². The van der Waals surface area contributed by atoms with Crippen molar-refractivity contribution in [2.24, 2.45) is 18.9 Å². The lowest BCUT2D eigenvalue weighted by atomic mass is 9.93. The monoisotopic (exact) mass is 461 g/mol. The highest BCUT2D eigenvalue weighted by Crippen LogP contribution is 2.29. The van der Waals surface area contributed by atoms with Gasteiger partial charge in [-0.1, -0.05) is 12.1 Å². The smallest absolute Gasteiger partial charge is 0.253 e. The molecule has 3 aromatic rings. The van der Waals surface area contributed by atoms with Crippen molar-refractivity contribution in [2.75, 3.05) is 33.2 Å². The van der Waals surface area contributed by atoms with Crippen molar-refractivity contribution in [3.8, 4) is 11.4 Å². The highest BCUT2D eigenvalue weighted by atomic mass is 16.2. The molecule has 0 saturated carbocycles. The largest absolute Gasteiger partial charge is 0.342 e. The standard InChI is InChI=1S/C27H35N5O2/c1-19-14-22(18-30(3)26(19)33)25-28-23-10-4-5-11-24(23)32(25)16-20-8-6-13-31(15-20)27(34)21-9-7-12-29(2)17-21/h4-5,10-11,14,18,20-21H,6-9,12-13,15-17H2,1-3H3/t20-,21?/m1/s1. The van der Waals surface area contributed by atoms with Gasteiger partial charge in [0.25, 0.3) is 5.56 Å². The zero-order valence-corrected chi connectivity index (χ0v) is 20.5. The molecule has 1 unspecified atom stereocenters. The summed E-state index contributed by atoms with van der Waals surface area (Å²) in [5.41, 5.74) is 3.73. The Morgan fingerprint density at radius 1 is 1.09 bits per heavy atom. The highest BCUT2D eigenvalue weighted by molar-refractivity contribution is 5.81. The van der Waals surface area contributed by atoms with E-state index < -0.39 is 0 Å². The van der Waals surface area contributed by atoms with E-state index in [0.29, 0.717) is 17.4 Å². The fraction of sp³-hybridized carbons (Fsp3) is 0.519. The number of nitrogens with zero attached hydrogens (tertiary/aromatic N) is 5. The van der Waals surface area contributed by atoms with Gasteiger partial charge in [-0.05, 0) is 70.3 Å². The molecule has 2 atom stereocenters. The summed E-state index contributed by atoms with van der Waals surface area (Å²) in [6, 6.07) is 10.2. The zero-order valence-electron chi connectivity index (χ0n) is 20.5. The number of carbonyl (C=O) groups excluding carboxylic acids is 1. The predicted octanol–water partition coefficient (Wildman–Crippen LogP) is 3.29. The van der Waals surface area contributed by atoms with E-state index in [1.54, 1.807) is 11.6 Å². The van der Waals surface area contributed by atoms with Crippen LogP contribution in [0.4, 0.5) is 0 Å². The van der Waals surface area contributed by atoms with Crippen molar-refractivity contribution < 1.29 is 4.79 Å². The molecule has 2 aromatic heterocycles. The number of rotatable bonds is 4. The lowest BCUT2D eigenvalue weighted by molar-refractivity contribution is -0.139. The molecule has 7 heteroatoms. The van der Waals surface area contributed by atoms with Gasteiger partial charge in [-0.3, -0.25) is 9.59 Å². The van der Waals surface area contributed by atoms with Crippen LogP contribution in [0, 0.1) is 18.8 Å². The molecule has 0 N–H and O–H groups in total. The molecule has 0 aliphatic carbocycles. The number of piperidine rings is 2. The topological polar surface area (TPSA) is 63.4 Å². The summed E-state index contributed by atoms with van der Waals surface area (Å²) in [5.74, 6) is 1.73. The first-order valence-corrected chi connectivity index (χ1v) is 12.5. The fourth-order valence-electron chi connectivity index (χ4n) is 5.78. The quantitative estimate of drug-likeness (QED) is 0.598. The second-order valence-corrected chi connectivity index (χ2v) is 10.3. The zero-order chi connectivity index (χ0) is 23.8. The summed E-state index contributed by atoms with van der Waals surface area (Å²) in [6.07, 6.45) is 6.13. The minimum atomic E-state index is 0.0150. The van der Waals surface area contributed by atoms with E-state index in [2.05, 4.69) is 27.5 Å². The van der Waals surface area contributed by atoms with Gasteiger partial charge in [-0.2, -0.15) is 0 Å². The molecule has 2 fully saturated rings. The Morgan fingerprint density at radius 3 is 2.68 bits per heavy atom. The maximum Gasteiger partial charge on any atom is 0.253 e. The molecule has 2 saturated heterocycles. The van der Waals surface area contributed by atoms with Crippen molar-refractivity contribution in [2.45, 2.75) is 39.2 Å². The van der Waals surface area contributed by atoms with Gasteiger partial charge in [0, 0.05) is 50.6 Å². The summed E-state index contributed by atoms with van der Waals surface area (Å²) >= 11 is 0. The van der Waals surface area contributed by atoms with Gasteiger partial charge >= 0.3 is 0 Å². The second-order valence-electron chi connectivity index (χ2n) is 10.3. The summed E-state index contributed by atoms with van der Waals surface area (Å²) in [6.45, 7) is 6.30. The number of amides is 1. The maximum atomic E-state index is 13.3. The van der Waals surface area contributed by atoms with Crippen LogP contribution in [-0.4, -0.2) is 63.1 Å². The second kappa shape index (κ2) is 9.37. The summed E-state index contributed by atoms with van der Waals surface area (Å²) in [7, 11) is 3.91. The number of hydrogen-bond donors (Lipinski definition) is 0. The number of aromatic nitrogens is 3. The number of carbonyl (C=O) groups is 1. The normalized spacial score (nSPS) is 21.8. The summed E-state index contributed by atoms with van der Waals surface area (Å²) < 4.78 is 3.93. The van der Waals surface area contributed by atoms with Crippen LogP contribution in [0.1, 0.15) is 31.2 Å². The van der Waals surface area contributed by atoms with Crippen LogP contribution in [0.2, 0.25) is 0 Å². The number of benzene rings is 1. The van der Waals surface area contributed by atoms with Crippen LogP contribution in [0.5, 0.6) is 0 Å². The number of aryl methyl sites for hydroxylation is 2. The molecular weight excluding hydrogens is 426 g/mol. The van der Waals surface area contributed by atoms with Crippen molar-refractivity contribution in [3.63, 3.8) is 0 Å². The Kier molecular flexibility index (Phi) is 6.30. The molecule has 7 nitrogen and oxygen atoms in total. The molecule has 0 radical (unpaired) electrons. The Hall–Kier alpha value is -2.93. The molecule has 2 aliphatic rings. The number of imidazole rings is 1. The first-order chi connectivity index (χ1) is 16.4. The van der Waals surface area contributed by atoms with Crippen molar-refractivity contribution in [1.29, 1.82) is 0 Å². The molecule has 0 spiro atoms. The number of likely N-dealkylation sites (tertiary alicyclic amines) is 2. The third-order valence-corrected chi connectivity index (χ3v) is 7.52. The molecule has 2 aliphatic heterocycles. The van der Waals surface area contributed by atoms with E-state index in [1.165, 1.54) is 0 Å². The van der Waals surface area contributed by atoms with E-state index >= 15 is 0 Å². The first-order valence-electron chi connectivity index (χ1n) is 12.5. The van der Waals surface area contributed by atoms with Gasteiger partial charge in [0.2, 0.25) is 5.91 Å². The van der Waals surface area contributed by atoms with Crippen LogP contribution in [-0.2, 0) is 18.4 Å². The number of pyridine rings is 1. The molecule has 0 bridgehead atoms.